The number of aromatic nitrogens is 2. The minimum Gasteiger partial charge on any atom is -0.279 e. The Morgan fingerprint density at radius 3 is 2.42 bits per heavy atom. The normalized spacial score (nSPS) is 16.7. The van der Waals surface area contributed by atoms with Crippen molar-refractivity contribution in [2.75, 3.05) is 0 Å². The number of para-hydroxylation sites is 1. The first kappa shape index (κ1) is 12.3. The van der Waals surface area contributed by atoms with Crippen LogP contribution >= 0.6 is 0 Å². The van der Waals surface area contributed by atoms with Crippen molar-refractivity contribution >= 4 is 0 Å². The fourth-order valence-electron chi connectivity index (χ4n) is 3.17. The maximum absolute atomic E-state index is 12.2. The molecule has 0 radical (unpaired) electrons. The Kier molecular flexibility index (Phi) is 3.28. The highest BCUT2D eigenvalue weighted by molar-refractivity contribution is 5.31. The lowest BCUT2D eigenvalue weighted by Crippen LogP contribution is -2.26. The van der Waals surface area contributed by atoms with Gasteiger partial charge in [0.15, 0.2) is 0 Å². The summed E-state index contributed by atoms with van der Waals surface area (Å²) in [6.45, 7) is 2.04. The van der Waals surface area contributed by atoms with Crippen LogP contribution in [0.15, 0.2) is 41.2 Å². The Bertz CT molecular complexity index is 603. The van der Waals surface area contributed by atoms with E-state index in [4.69, 9.17) is 0 Å². The highest BCUT2D eigenvalue weighted by Crippen LogP contribution is 2.29. The van der Waals surface area contributed by atoms with Crippen molar-refractivity contribution in [1.29, 1.82) is 0 Å². The summed E-state index contributed by atoms with van der Waals surface area (Å²) in [6.07, 6.45) is 6.23. The van der Waals surface area contributed by atoms with Crippen LogP contribution in [0.5, 0.6) is 0 Å². The highest BCUT2D eigenvalue weighted by Gasteiger charge is 2.20. The van der Waals surface area contributed by atoms with Gasteiger partial charge in [-0.25, -0.2) is 4.68 Å². The zero-order chi connectivity index (χ0) is 13.2. The van der Waals surface area contributed by atoms with Crippen molar-refractivity contribution in [3.05, 3.63) is 52.4 Å². The van der Waals surface area contributed by atoms with E-state index in [0.29, 0.717) is 6.04 Å². The average molecular weight is 256 g/mol. The van der Waals surface area contributed by atoms with Crippen LogP contribution in [0, 0.1) is 6.92 Å². The SMILES string of the molecule is Cc1cc(=O)n(-c2ccccc2)n1C1CCCCC1. The second-order valence-corrected chi connectivity index (χ2v) is 5.41. The predicted octanol–water partition coefficient (Wildman–Crippen LogP) is 3.45. The monoisotopic (exact) mass is 256 g/mol. The third-order valence-electron chi connectivity index (χ3n) is 4.04. The second kappa shape index (κ2) is 5.08. The van der Waals surface area contributed by atoms with Gasteiger partial charge >= 0.3 is 0 Å². The molecule has 0 spiro atoms. The molecule has 0 unspecified atom stereocenters. The topological polar surface area (TPSA) is 26.9 Å². The van der Waals surface area contributed by atoms with Crippen LogP contribution < -0.4 is 5.56 Å². The van der Waals surface area contributed by atoms with Crippen LogP contribution in [-0.2, 0) is 0 Å². The summed E-state index contributed by atoms with van der Waals surface area (Å²) in [5, 5.41) is 0. The summed E-state index contributed by atoms with van der Waals surface area (Å²) in [5.41, 5.74) is 2.11. The largest absolute Gasteiger partial charge is 0.279 e. The van der Waals surface area contributed by atoms with E-state index in [1.165, 1.54) is 32.1 Å². The summed E-state index contributed by atoms with van der Waals surface area (Å²) in [5.74, 6) is 0. The van der Waals surface area contributed by atoms with Crippen molar-refractivity contribution in [3.8, 4) is 5.69 Å². The molecule has 100 valence electrons. The quantitative estimate of drug-likeness (QED) is 0.808. The highest BCUT2D eigenvalue weighted by atomic mass is 16.1. The Hall–Kier alpha value is -1.77. The van der Waals surface area contributed by atoms with E-state index in [9.17, 15) is 4.79 Å². The van der Waals surface area contributed by atoms with Crippen LogP contribution in [-0.4, -0.2) is 9.36 Å². The van der Waals surface area contributed by atoms with Crippen molar-refractivity contribution < 1.29 is 0 Å². The molecule has 1 aliphatic carbocycles. The van der Waals surface area contributed by atoms with Gasteiger partial charge in [-0.15, -0.1) is 0 Å². The lowest BCUT2D eigenvalue weighted by atomic mass is 9.95. The van der Waals surface area contributed by atoms with E-state index in [1.54, 1.807) is 6.07 Å². The fourth-order valence-corrected chi connectivity index (χ4v) is 3.17. The molecule has 19 heavy (non-hydrogen) atoms. The van der Waals surface area contributed by atoms with Gasteiger partial charge in [0, 0.05) is 11.8 Å². The number of hydrogen-bond acceptors (Lipinski definition) is 1. The number of benzene rings is 1. The van der Waals surface area contributed by atoms with Crippen LogP contribution in [0.4, 0.5) is 0 Å². The summed E-state index contributed by atoms with van der Waals surface area (Å²) in [4.78, 5) is 12.2. The van der Waals surface area contributed by atoms with Crippen LogP contribution in [0.2, 0.25) is 0 Å². The second-order valence-electron chi connectivity index (χ2n) is 5.41. The van der Waals surface area contributed by atoms with Crippen molar-refractivity contribution in [3.63, 3.8) is 0 Å². The molecular formula is C16H20N2O. The van der Waals surface area contributed by atoms with Crippen molar-refractivity contribution in [1.82, 2.24) is 9.36 Å². The molecule has 1 aliphatic rings. The zero-order valence-electron chi connectivity index (χ0n) is 11.4. The summed E-state index contributed by atoms with van der Waals surface area (Å²) in [7, 11) is 0. The zero-order valence-corrected chi connectivity index (χ0v) is 11.4. The van der Waals surface area contributed by atoms with E-state index in [-0.39, 0.29) is 5.56 Å². The first-order valence-corrected chi connectivity index (χ1v) is 7.14. The van der Waals surface area contributed by atoms with Gasteiger partial charge in [0.05, 0.1) is 11.7 Å². The van der Waals surface area contributed by atoms with Gasteiger partial charge in [0.2, 0.25) is 0 Å². The Morgan fingerprint density at radius 2 is 1.74 bits per heavy atom. The first-order valence-electron chi connectivity index (χ1n) is 7.14. The van der Waals surface area contributed by atoms with Gasteiger partial charge in [-0.2, -0.15) is 0 Å². The van der Waals surface area contributed by atoms with E-state index >= 15 is 0 Å². The Labute approximate surface area is 113 Å². The number of hydrogen-bond donors (Lipinski definition) is 0. The summed E-state index contributed by atoms with van der Waals surface area (Å²) >= 11 is 0. The third-order valence-corrected chi connectivity index (χ3v) is 4.04. The molecule has 0 bridgehead atoms. The van der Waals surface area contributed by atoms with Gasteiger partial charge in [0.25, 0.3) is 5.56 Å². The van der Waals surface area contributed by atoms with Gasteiger partial charge in [-0.3, -0.25) is 9.48 Å². The molecule has 0 atom stereocenters. The van der Waals surface area contributed by atoms with Gasteiger partial charge in [0.1, 0.15) is 0 Å². The van der Waals surface area contributed by atoms with Crippen LogP contribution in [0.1, 0.15) is 43.8 Å². The van der Waals surface area contributed by atoms with Gasteiger partial charge < -0.3 is 0 Å². The molecule has 3 rings (SSSR count). The number of rotatable bonds is 2. The molecule has 0 saturated heterocycles. The molecule has 0 aliphatic heterocycles. The lowest BCUT2D eigenvalue weighted by Gasteiger charge is -2.27. The maximum atomic E-state index is 12.2. The number of aryl methyl sites for hydroxylation is 1. The Morgan fingerprint density at radius 1 is 1.05 bits per heavy atom. The van der Waals surface area contributed by atoms with Gasteiger partial charge in [-0.1, -0.05) is 37.5 Å². The molecule has 1 heterocycles. The molecule has 1 fully saturated rings. The average Bonchev–Trinajstić information content (AvgIpc) is 2.75. The molecule has 1 aromatic carbocycles. The van der Waals surface area contributed by atoms with Crippen LogP contribution in [0.3, 0.4) is 0 Å². The van der Waals surface area contributed by atoms with Crippen molar-refractivity contribution in [2.24, 2.45) is 0 Å². The fraction of sp³-hybridized carbons (Fsp3) is 0.438. The minimum atomic E-state index is 0.0780. The van der Waals surface area contributed by atoms with Gasteiger partial charge in [-0.05, 0) is 31.9 Å². The molecule has 0 N–H and O–H groups in total. The number of nitrogens with zero attached hydrogens (tertiary/aromatic N) is 2. The molecule has 1 saturated carbocycles. The third kappa shape index (κ3) is 2.25. The lowest BCUT2D eigenvalue weighted by molar-refractivity contribution is 0.306. The minimum absolute atomic E-state index is 0.0780. The first-order chi connectivity index (χ1) is 9.27. The summed E-state index contributed by atoms with van der Waals surface area (Å²) < 4.78 is 4.04. The summed E-state index contributed by atoms with van der Waals surface area (Å²) in [6, 6.07) is 12.2. The maximum Gasteiger partial charge on any atom is 0.271 e. The molecule has 3 heteroatoms. The molecule has 3 nitrogen and oxygen atoms in total. The standard InChI is InChI=1S/C16H20N2O/c1-13-12-16(19)18(15-10-6-3-7-11-15)17(13)14-8-4-2-5-9-14/h3,6-7,10-12,14H,2,4-5,8-9H2,1H3. The van der Waals surface area contributed by atoms with E-state index in [1.807, 2.05) is 41.9 Å². The van der Waals surface area contributed by atoms with E-state index < -0.39 is 0 Å². The smallest absolute Gasteiger partial charge is 0.271 e. The molecule has 0 amide bonds. The Balaban J connectivity index is 2.11. The van der Waals surface area contributed by atoms with E-state index in [0.717, 1.165) is 11.4 Å². The van der Waals surface area contributed by atoms with Crippen molar-refractivity contribution in [2.45, 2.75) is 45.1 Å². The molecule has 1 aromatic heterocycles. The predicted molar refractivity (Wildman–Crippen MR) is 76.9 cm³/mol. The molecular weight excluding hydrogens is 236 g/mol. The molecule has 2 aromatic rings. The van der Waals surface area contributed by atoms with Crippen LogP contribution in [0.25, 0.3) is 5.69 Å². The van der Waals surface area contributed by atoms with E-state index in [2.05, 4.69) is 4.68 Å².